The molecule has 0 fully saturated rings. The fourth-order valence-corrected chi connectivity index (χ4v) is 2.46. The maximum absolute atomic E-state index is 11.9. The van der Waals surface area contributed by atoms with Gasteiger partial charge in [0.25, 0.3) is 0 Å². The van der Waals surface area contributed by atoms with Crippen molar-refractivity contribution in [2.45, 2.75) is 19.9 Å². The van der Waals surface area contributed by atoms with Crippen LogP contribution in [0.2, 0.25) is 0 Å². The van der Waals surface area contributed by atoms with Crippen LogP contribution >= 0.6 is 0 Å². The maximum Gasteiger partial charge on any atom is 0.301 e. The molecular formula is C15H21N3O3. The first-order valence-corrected chi connectivity index (χ1v) is 7.05. The van der Waals surface area contributed by atoms with Crippen molar-refractivity contribution < 1.29 is 14.3 Å². The number of carbonyl (C=O) groups excluding carboxylic acids is 1. The van der Waals surface area contributed by atoms with E-state index in [4.69, 9.17) is 15.4 Å². The zero-order valence-electron chi connectivity index (χ0n) is 12.1. The van der Waals surface area contributed by atoms with E-state index in [0.717, 1.165) is 23.9 Å². The number of hydrogen-bond donors (Lipinski definition) is 3. The molecule has 2 rings (SSSR count). The number of nitrogens with two attached hydrogens (primary N) is 1. The highest BCUT2D eigenvalue weighted by Gasteiger charge is 2.21. The molecule has 0 aliphatic carbocycles. The van der Waals surface area contributed by atoms with Crippen LogP contribution in [0.25, 0.3) is 11.0 Å². The van der Waals surface area contributed by atoms with Gasteiger partial charge in [-0.05, 0) is 19.0 Å². The summed E-state index contributed by atoms with van der Waals surface area (Å²) < 4.78 is 5.63. The lowest BCUT2D eigenvalue weighted by atomic mass is 10.1. The van der Waals surface area contributed by atoms with E-state index in [9.17, 15) is 4.79 Å². The highest BCUT2D eigenvalue weighted by atomic mass is 16.3. The van der Waals surface area contributed by atoms with Crippen LogP contribution in [0.15, 0.2) is 28.7 Å². The summed E-state index contributed by atoms with van der Waals surface area (Å²) in [5.41, 5.74) is 3.58. The van der Waals surface area contributed by atoms with Crippen LogP contribution in [-0.2, 0) is 6.54 Å². The fraction of sp³-hybridized carbons (Fsp3) is 0.400. The first kappa shape index (κ1) is 15.5. The lowest BCUT2D eigenvalue weighted by Crippen LogP contribution is -2.32. The molecule has 0 aliphatic rings. The topological polar surface area (TPSA) is 91.7 Å². The van der Waals surface area contributed by atoms with E-state index in [1.165, 1.54) is 0 Å². The molecule has 0 saturated carbocycles. The monoisotopic (exact) mass is 291 g/mol. The van der Waals surface area contributed by atoms with Gasteiger partial charge in [0.05, 0.1) is 6.61 Å². The number of carbonyl (C=O) groups is 1. The van der Waals surface area contributed by atoms with Gasteiger partial charge in [-0.25, -0.2) is 5.84 Å². The fourth-order valence-electron chi connectivity index (χ4n) is 2.46. The van der Waals surface area contributed by atoms with E-state index < -0.39 is 5.91 Å². The van der Waals surface area contributed by atoms with Gasteiger partial charge in [-0.3, -0.25) is 15.1 Å². The third-order valence-corrected chi connectivity index (χ3v) is 3.37. The van der Waals surface area contributed by atoms with Crippen molar-refractivity contribution in [1.29, 1.82) is 0 Å². The lowest BCUT2D eigenvalue weighted by Gasteiger charge is -2.20. The summed E-state index contributed by atoms with van der Waals surface area (Å²) in [7, 11) is 0. The first-order chi connectivity index (χ1) is 10.2. The molecule has 0 bridgehead atoms. The molecule has 6 nitrogen and oxygen atoms in total. The number of benzene rings is 1. The number of nitrogen functional groups attached to an aromatic ring is 1. The lowest BCUT2D eigenvalue weighted by molar-refractivity contribution is 0.0925. The minimum Gasteiger partial charge on any atom is -0.451 e. The Morgan fingerprint density at radius 1 is 1.38 bits per heavy atom. The number of rotatable bonds is 7. The van der Waals surface area contributed by atoms with Crippen molar-refractivity contribution in [2.75, 3.05) is 19.7 Å². The summed E-state index contributed by atoms with van der Waals surface area (Å²) in [6.45, 7) is 4.08. The largest absolute Gasteiger partial charge is 0.451 e. The number of nitrogens with zero attached hydrogens (tertiary/aromatic N) is 1. The highest BCUT2D eigenvalue weighted by Crippen LogP contribution is 2.27. The highest BCUT2D eigenvalue weighted by molar-refractivity contribution is 5.98. The quantitative estimate of drug-likeness (QED) is 0.405. The zero-order chi connectivity index (χ0) is 15.2. The van der Waals surface area contributed by atoms with E-state index in [2.05, 4.69) is 17.2 Å². The number of amides is 1. The molecule has 0 unspecified atom stereocenters. The van der Waals surface area contributed by atoms with E-state index >= 15 is 0 Å². The predicted octanol–water partition coefficient (Wildman–Crippen LogP) is 1.24. The molecule has 1 amide bonds. The van der Waals surface area contributed by atoms with Gasteiger partial charge in [0.2, 0.25) is 0 Å². The number of hydrazine groups is 1. The Hall–Kier alpha value is -1.89. The van der Waals surface area contributed by atoms with E-state index in [0.29, 0.717) is 18.7 Å². The second kappa shape index (κ2) is 7.21. The number of hydrogen-bond acceptors (Lipinski definition) is 5. The van der Waals surface area contributed by atoms with E-state index in [1.807, 2.05) is 24.3 Å². The van der Waals surface area contributed by atoms with E-state index in [1.54, 1.807) is 0 Å². The molecule has 4 N–H and O–H groups in total. The van der Waals surface area contributed by atoms with Crippen LogP contribution in [0.5, 0.6) is 0 Å². The minimum atomic E-state index is -0.443. The third kappa shape index (κ3) is 3.41. The number of aliphatic hydroxyl groups excluding tert-OH is 1. The van der Waals surface area contributed by atoms with Crippen molar-refractivity contribution in [3.05, 3.63) is 35.6 Å². The van der Waals surface area contributed by atoms with Gasteiger partial charge in [-0.15, -0.1) is 0 Å². The Bertz CT molecular complexity index is 603. The normalized spacial score (nSPS) is 11.2. The number of furan rings is 1. The molecule has 21 heavy (non-hydrogen) atoms. The van der Waals surface area contributed by atoms with Crippen LogP contribution in [0.1, 0.15) is 29.5 Å². The maximum atomic E-state index is 11.9. The zero-order valence-corrected chi connectivity index (χ0v) is 12.1. The Labute approximate surface area is 123 Å². The van der Waals surface area contributed by atoms with Crippen molar-refractivity contribution in [2.24, 2.45) is 5.84 Å². The van der Waals surface area contributed by atoms with Gasteiger partial charge in [0.15, 0.2) is 5.76 Å². The summed E-state index contributed by atoms with van der Waals surface area (Å²) in [5.74, 6) is 5.02. The summed E-state index contributed by atoms with van der Waals surface area (Å²) in [5, 5.41) is 10.1. The predicted molar refractivity (Wildman–Crippen MR) is 80.5 cm³/mol. The van der Waals surface area contributed by atoms with Crippen LogP contribution in [0, 0.1) is 0 Å². The molecule has 6 heteroatoms. The molecule has 1 aromatic heterocycles. The van der Waals surface area contributed by atoms with Crippen LogP contribution in [0.4, 0.5) is 0 Å². The smallest absolute Gasteiger partial charge is 0.301 e. The molecule has 0 aliphatic heterocycles. The van der Waals surface area contributed by atoms with Gasteiger partial charge in [0.1, 0.15) is 5.58 Å². The van der Waals surface area contributed by atoms with Crippen LogP contribution in [-0.4, -0.2) is 35.6 Å². The molecule has 114 valence electrons. The molecule has 0 radical (unpaired) electrons. The van der Waals surface area contributed by atoms with Crippen LogP contribution in [0.3, 0.4) is 0 Å². The van der Waals surface area contributed by atoms with Crippen molar-refractivity contribution in [3.8, 4) is 0 Å². The SMILES string of the molecule is CCCN(CCO)Cc1c(C(=O)NN)oc2ccccc12. The summed E-state index contributed by atoms with van der Waals surface area (Å²) in [4.78, 5) is 14.0. The average Bonchev–Trinajstić information content (AvgIpc) is 2.86. The Kier molecular flexibility index (Phi) is 5.32. The Balaban J connectivity index is 2.41. The van der Waals surface area contributed by atoms with Crippen LogP contribution < -0.4 is 11.3 Å². The minimum absolute atomic E-state index is 0.0776. The first-order valence-electron chi connectivity index (χ1n) is 7.05. The number of para-hydroxylation sites is 1. The summed E-state index contributed by atoms with van der Waals surface area (Å²) in [6.07, 6.45) is 0.966. The summed E-state index contributed by atoms with van der Waals surface area (Å²) >= 11 is 0. The van der Waals surface area contributed by atoms with Gasteiger partial charge in [-0.2, -0.15) is 0 Å². The molecule has 0 saturated heterocycles. The van der Waals surface area contributed by atoms with Crippen molar-refractivity contribution >= 4 is 16.9 Å². The number of aliphatic hydroxyl groups is 1. The van der Waals surface area contributed by atoms with Gasteiger partial charge in [-0.1, -0.05) is 25.1 Å². The molecular weight excluding hydrogens is 270 g/mol. The van der Waals surface area contributed by atoms with Crippen molar-refractivity contribution in [1.82, 2.24) is 10.3 Å². The second-order valence-corrected chi connectivity index (χ2v) is 4.88. The van der Waals surface area contributed by atoms with E-state index in [-0.39, 0.29) is 12.4 Å². The molecule has 0 spiro atoms. The third-order valence-electron chi connectivity index (χ3n) is 3.37. The second-order valence-electron chi connectivity index (χ2n) is 4.88. The summed E-state index contributed by atoms with van der Waals surface area (Å²) in [6, 6.07) is 7.51. The molecule has 0 atom stereocenters. The standard InChI is InChI=1S/C15H21N3O3/c1-2-7-18(8-9-19)10-12-11-5-3-4-6-13(11)21-14(12)15(20)17-16/h3-6,19H,2,7-10,16H2,1H3,(H,17,20). The molecule has 1 heterocycles. The van der Waals surface area contributed by atoms with Gasteiger partial charge in [0, 0.05) is 24.0 Å². The number of fused-ring (bicyclic) bond motifs is 1. The molecule has 2 aromatic rings. The van der Waals surface area contributed by atoms with Crippen molar-refractivity contribution in [3.63, 3.8) is 0 Å². The Morgan fingerprint density at radius 2 is 2.14 bits per heavy atom. The van der Waals surface area contributed by atoms with Gasteiger partial charge >= 0.3 is 5.91 Å². The molecule has 1 aromatic carbocycles. The average molecular weight is 291 g/mol. The number of nitrogens with one attached hydrogen (secondary N) is 1. The Morgan fingerprint density at radius 3 is 2.81 bits per heavy atom. The van der Waals surface area contributed by atoms with Gasteiger partial charge < -0.3 is 9.52 Å².